The summed E-state index contributed by atoms with van der Waals surface area (Å²) in [5, 5.41) is 15.8. The number of hydrogen-bond donors (Lipinski definition) is 2. The maximum atomic E-state index is 13.0. The first-order chi connectivity index (χ1) is 10.7. The van der Waals surface area contributed by atoms with Crippen LogP contribution in [-0.2, 0) is 9.59 Å². The summed E-state index contributed by atoms with van der Waals surface area (Å²) >= 11 is 5.95. The Morgan fingerprint density at radius 3 is 2.57 bits per heavy atom. The number of carbonyl (C=O) groups is 2. The Morgan fingerprint density at radius 2 is 2.00 bits per heavy atom. The number of halogens is 1. The van der Waals surface area contributed by atoms with Crippen LogP contribution in [0.25, 0.3) is 0 Å². The van der Waals surface area contributed by atoms with E-state index < -0.39 is 16.2 Å². The van der Waals surface area contributed by atoms with Gasteiger partial charge in [0.15, 0.2) is 5.78 Å². The minimum absolute atomic E-state index is 0.106. The van der Waals surface area contributed by atoms with Gasteiger partial charge in [-0.1, -0.05) is 43.6 Å². The molecule has 0 heterocycles. The van der Waals surface area contributed by atoms with Crippen LogP contribution in [0.15, 0.2) is 29.4 Å². The van der Waals surface area contributed by atoms with Gasteiger partial charge in [0.1, 0.15) is 11.1 Å². The van der Waals surface area contributed by atoms with Crippen LogP contribution in [0.3, 0.4) is 0 Å². The third kappa shape index (κ3) is 1.77. The van der Waals surface area contributed by atoms with E-state index in [-0.39, 0.29) is 17.4 Å². The predicted molar refractivity (Wildman–Crippen MR) is 87.9 cm³/mol. The van der Waals surface area contributed by atoms with Crippen molar-refractivity contribution >= 4 is 34.7 Å². The van der Waals surface area contributed by atoms with Crippen molar-refractivity contribution in [1.82, 2.24) is 0 Å². The smallest absolute Gasteiger partial charge is 0.239 e. The van der Waals surface area contributed by atoms with Crippen LogP contribution in [0.1, 0.15) is 33.6 Å². The molecule has 2 aliphatic carbocycles. The number of amides is 1. The fourth-order valence-corrected chi connectivity index (χ4v) is 4.45. The Hall–Kier alpha value is -1.88. The number of nitrogens with one attached hydrogen (secondary N) is 1. The zero-order valence-corrected chi connectivity index (χ0v) is 14.1. The van der Waals surface area contributed by atoms with Crippen LogP contribution in [0, 0.1) is 16.2 Å². The summed E-state index contributed by atoms with van der Waals surface area (Å²) in [5.74, 6) is -0.740. The lowest BCUT2D eigenvalue weighted by Crippen LogP contribution is -2.47. The van der Waals surface area contributed by atoms with E-state index >= 15 is 0 Å². The summed E-state index contributed by atoms with van der Waals surface area (Å²) in [6.07, 6.45) is 1.08. The van der Waals surface area contributed by atoms with Gasteiger partial charge in [0, 0.05) is 16.1 Å². The fraction of sp³-hybridized carbons (Fsp3) is 0.471. The molecule has 1 amide bonds. The molecule has 2 unspecified atom stereocenters. The molecule has 0 radical (unpaired) electrons. The Bertz CT molecular complexity index is 743. The van der Waals surface area contributed by atoms with Crippen molar-refractivity contribution in [3.8, 4) is 0 Å². The lowest BCUT2D eigenvalue weighted by Gasteiger charge is -2.37. The number of fused-ring (bicyclic) bond motifs is 2. The quantitative estimate of drug-likeness (QED) is 0.493. The summed E-state index contributed by atoms with van der Waals surface area (Å²) < 4.78 is 0. The molecule has 2 N–H and O–H groups in total. The van der Waals surface area contributed by atoms with Gasteiger partial charge in [0.25, 0.3) is 0 Å². The molecule has 0 spiro atoms. The van der Waals surface area contributed by atoms with Crippen molar-refractivity contribution in [3.05, 3.63) is 29.3 Å². The third-order valence-electron chi connectivity index (χ3n) is 6.14. The van der Waals surface area contributed by atoms with E-state index in [1.165, 1.54) is 0 Å². The number of oxime groups is 1. The molecule has 1 aromatic carbocycles. The van der Waals surface area contributed by atoms with Gasteiger partial charge in [-0.05, 0) is 36.5 Å². The normalized spacial score (nSPS) is 33.2. The van der Waals surface area contributed by atoms with Crippen molar-refractivity contribution in [2.45, 2.75) is 33.6 Å². The van der Waals surface area contributed by atoms with Crippen molar-refractivity contribution in [2.75, 3.05) is 5.32 Å². The summed E-state index contributed by atoms with van der Waals surface area (Å²) in [6.45, 7) is 5.68. The lowest BCUT2D eigenvalue weighted by atomic mass is 9.64. The first kappa shape index (κ1) is 16.0. The first-order valence-electron chi connectivity index (χ1n) is 7.55. The Labute approximate surface area is 139 Å². The zero-order valence-electron chi connectivity index (χ0n) is 13.3. The van der Waals surface area contributed by atoms with Gasteiger partial charge in [-0.25, -0.2) is 0 Å². The maximum Gasteiger partial charge on any atom is 0.239 e. The number of hydrogen-bond acceptors (Lipinski definition) is 4. The number of benzene rings is 1. The van der Waals surface area contributed by atoms with Crippen LogP contribution in [0.5, 0.6) is 0 Å². The molecular weight excluding hydrogens is 316 g/mol. The average Bonchev–Trinajstić information content (AvgIpc) is 2.75. The van der Waals surface area contributed by atoms with Gasteiger partial charge in [0.2, 0.25) is 5.91 Å². The number of rotatable bonds is 2. The van der Waals surface area contributed by atoms with E-state index in [1.54, 1.807) is 24.3 Å². The van der Waals surface area contributed by atoms with Crippen molar-refractivity contribution in [2.24, 2.45) is 21.4 Å². The summed E-state index contributed by atoms with van der Waals surface area (Å²) in [6, 6.07) is 6.81. The van der Waals surface area contributed by atoms with Crippen molar-refractivity contribution < 1.29 is 14.8 Å². The Balaban J connectivity index is 2.04. The fourth-order valence-electron chi connectivity index (χ4n) is 4.26. The number of Topliss-reactive ketones (excluding diaryl/α,β-unsaturated/α-hetero) is 1. The summed E-state index contributed by atoms with van der Waals surface area (Å²) in [7, 11) is 0. The van der Waals surface area contributed by atoms with E-state index in [0.717, 1.165) is 0 Å². The number of nitrogens with zero attached hydrogens (tertiary/aromatic N) is 1. The predicted octanol–water partition coefficient (Wildman–Crippen LogP) is 3.50. The van der Waals surface area contributed by atoms with E-state index in [9.17, 15) is 14.8 Å². The number of anilines is 1. The van der Waals surface area contributed by atoms with Crippen molar-refractivity contribution in [3.63, 3.8) is 0 Å². The molecule has 2 atom stereocenters. The molecule has 3 rings (SSSR count). The van der Waals surface area contributed by atoms with Crippen LogP contribution in [-0.4, -0.2) is 22.6 Å². The monoisotopic (exact) mass is 334 g/mol. The molecule has 2 fully saturated rings. The second kappa shape index (κ2) is 4.81. The van der Waals surface area contributed by atoms with E-state index in [2.05, 4.69) is 10.5 Å². The summed E-state index contributed by atoms with van der Waals surface area (Å²) in [4.78, 5) is 25.9. The second-order valence-electron chi connectivity index (χ2n) is 7.10. The molecule has 0 aliphatic heterocycles. The van der Waals surface area contributed by atoms with Gasteiger partial charge in [0.05, 0.1) is 0 Å². The van der Waals surface area contributed by atoms with Crippen molar-refractivity contribution in [1.29, 1.82) is 0 Å². The molecule has 6 heteroatoms. The minimum atomic E-state index is -1.22. The molecule has 0 saturated heterocycles. The number of ketones is 1. The van der Waals surface area contributed by atoms with Gasteiger partial charge < -0.3 is 10.5 Å². The second-order valence-corrected chi connectivity index (χ2v) is 7.54. The molecule has 5 nitrogen and oxygen atoms in total. The standard InChI is InChI=1S/C17H19ClN2O3/c1-15(2)16(3)7-8-17(15,13(21)12(16)20-23)14(22)19-11-6-4-5-10(18)9-11/h4-6,9,23H,7-8H2,1-3H3,(H,19,22). The van der Waals surface area contributed by atoms with Gasteiger partial charge in [-0.3, -0.25) is 9.59 Å². The molecule has 23 heavy (non-hydrogen) atoms. The summed E-state index contributed by atoms with van der Waals surface area (Å²) in [5.41, 5.74) is -1.81. The highest BCUT2D eigenvalue weighted by Gasteiger charge is 2.76. The molecule has 2 aliphatic rings. The van der Waals surface area contributed by atoms with Crippen LogP contribution in [0.2, 0.25) is 5.02 Å². The Kier molecular flexibility index (Phi) is 3.34. The van der Waals surface area contributed by atoms with Crippen LogP contribution < -0.4 is 5.32 Å². The SMILES string of the molecule is CC12CCC(C(=O)Nc3cccc(Cl)c3)(C(=O)C1=NO)C2(C)C. The molecular formula is C17H19ClN2O3. The van der Waals surface area contributed by atoms with Crippen LogP contribution >= 0.6 is 11.6 Å². The Morgan fingerprint density at radius 1 is 1.30 bits per heavy atom. The first-order valence-corrected chi connectivity index (χ1v) is 7.93. The third-order valence-corrected chi connectivity index (χ3v) is 6.38. The van der Waals surface area contributed by atoms with Gasteiger partial charge >= 0.3 is 0 Å². The number of carbonyl (C=O) groups excluding carboxylic acids is 2. The van der Waals surface area contributed by atoms with E-state index in [4.69, 9.17) is 11.6 Å². The lowest BCUT2D eigenvalue weighted by molar-refractivity contribution is -0.140. The van der Waals surface area contributed by atoms with Gasteiger partial charge in [-0.2, -0.15) is 0 Å². The van der Waals surface area contributed by atoms with E-state index in [0.29, 0.717) is 23.6 Å². The highest BCUT2D eigenvalue weighted by Crippen LogP contribution is 2.69. The molecule has 122 valence electrons. The van der Waals surface area contributed by atoms with Crippen LogP contribution in [0.4, 0.5) is 5.69 Å². The molecule has 2 saturated carbocycles. The largest absolute Gasteiger partial charge is 0.411 e. The molecule has 2 bridgehead atoms. The molecule has 1 aromatic rings. The van der Waals surface area contributed by atoms with E-state index in [1.807, 2.05) is 20.8 Å². The average molecular weight is 335 g/mol. The minimum Gasteiger partial charge on any atom is -0.411 e. The zero-order chi connectivity index (χ0) is 17.0. The maximum absolute atomic E-state index is 13.0. The topological polar surface area (TPSA) is 78.8 Å². The van der Waals surface area contributed by atoms with Gasteiger partial charge in [-0.15, -0.1) is 0 Å². The molecule has 0 aromatic heterocycles. The highest BCUT2D eigenvalue weighted by atomic mass is 35.5. The highest BCUT2D eigenvalue weighted by molar-refractivity contribution is 6.51.